The molecule has 4 aromatic rings. The number of methoxy groups -OCH3 is 1. The molecule has 0 amide bonds. The number of fused-ring (bicyclic) bond motifs is 1. The van der Waals surface area contributed by atoms with Gasteiger partial charge in [-0.3, -0.25) is 4.79 Å². The standard InChI is InChI=1S/C25H20BrClFN3O3/c1-3-23-30-21-8-7-17(26)11-20(21)25(32)31(23)29-13-16-10-18(27)12-22(33-2)24(16)34-14-15-5-4-6-19(28)9-15/h4-13H,3,14H2,1-2H3. The molecule has 1 aromatic heterocycles. The Labute approximate surface area is 208 Å². The summed E-state index contributed by atoms with van der Waals surface area (Å²) < 4.78 is 27.0. The van der Waals surface area contributed by atoms with E-state index in [1.807, 2.05) is 13.0 Å². The summed E-state index contributed by atoms with van der Waals surface area (Å²) in [5.74, 6) is 0.900. The predicted molar refractivity (Wildman–Crippen MR) is 135 cm³/mol. The molecule has 0 aliphatic carbocycles. The molecule has 6 nitrogen and oxygen atoms in total. The van der Waals surface area contributed by atoms with Crippen LogP contribution in [-0.2, 0) is 13.0 Å². The minimum Gasteiger partial charge on any atom is -0.493 e. The minimum absolute atomic E-state index is 0.0995. The van der Waals surface area contributed by atoms with Crippen molar-refractivity contribution in [2.24, 2.45) is 5.10 Å². The number of aromatic nitrogens is 2. The monoisotopic (exact) mass is 543 g/mol. The molecule has 0 bridgehead atoms. The van der Waals surface area contributed by atoms with Crippen LogP contribution < -0.4 is 15.0 Å². The molecule has 0 aliphatic rings. The van der Waals surface area contributed by atoms with Crippen LogP contribution in [0.4, 0.5) is 4.39 Å². The summed E-state index contributed by atoms with van der Waals surface area (Å²) in [5, 5.41) is 5.26. The Balaban J connectivity index is 1.77. The normalized spacial score (nSPS) is 11.3. The highest BCUT2D eigenvalue weighted by Crippen LogP contribution is 2.34. The zero-order valence-electron chi connectivity index (χ0n) is 18.4. The van der Waals surface area contributed by atoms with Gasteiger partial charge in [0.05, 0.1) is 24.2 Å². The fourth-order valence-electron chi connectivity index (χ4n) is 3.44. The van der Waals surface area contributed by atoms with E-state index in [9.17, 15) is 9.18 Å². The van der Waals surface area contributed by atoms with E-state index in [0.717, 1.165) is 4.47 Å². The van der Waals surface area contributed by atoms with Crippen LogP contribution in [0.3, 0.4) is 0 Å². The molecule has 0 aliphatic heterocycles. The molecule has 0 spiro atoms. The van der Waals surface area contributed by atoms with Gasteiger partial charge < -0.3 is 9.47 Å². The second-order valence-corrected chi connectivity index (χ2v) is 8.70. The molecule has 3 aromatic carbocycles. The van der Waals surface area contributed by atoms with Gasteiger partial charge in [-0.15, -0.1) is 0 Å². The van der Waals surface area contributed by atoms with Crippen molar-refractivity contribution in [1.29, 1.82) is 0 Å². The molecular formula is C25H20BrClFN3O3. The molecular weight excluding hydrogens is 525 g/mol. The van der Waals surface area contributed by atoms with Crippen LogP contribution in [-0.4, -0.2) is 23.0 Å². The third-order valence-corrected chi connectivity index (χ3v) is 5.76. The lowest BCUT2D eigenvalue weighted by Crippen LogP contribution is -2.22. The maximum atomic E-state index is 13.6. The average molecular weight is 545 g/mol. The van der Waals surface area contributed by atoms with Crippen LogP contribution in [0.1, 0.15) is 23.9 Å². The number of rotatable bonds is 7. The first-order valence-electron chi connectivity index (χ1n) is 10.4. The van der Waals surface area contributed by atoms with Crippen molar-refractivity contribution in [2.45, 2.75) is 20.0 Å². The molecule has 0 N–H and O–H groups in total. The molecule has 34 heavy (non-hydrogen) atoms. The van der Waals surface area contributed by atoms with E-state index in [4.69, 9.17) is 21.1 Å². The molecule has 4 rings (SSSR count). The van der Waals surface area contributed by atoms with Crippen molar-refractivity contribution < 1.29 is 13.9 Å². The van der Waals surface area contributed by atoms with Crippen molar-refractivity contribution in [3.8, 4) is 11.5 Å². The van der Waals surface area contributed by atoms with Gasteiger partial charge in [-0.25, -0.2) is 9.37 Å². The summed E-state index contributed by atoms with van der Waals surface area (Å²) in [7, 11) is 1.49. The fourth-order valence-corrected chi connectivity index (χ4v) is 4.01. The highest BCUT2D eigenvalue weighted by molar-refractivity contribution is 9.10. The molecule has 0 unspecified atom stereocenters. The molecule has 0 radical (unpaired) electrons. The van der Waals surface area contributed by atoms with E-state index >= 15 is 0 Å². The fraction of sp³-hybridized carbons (Fsp3) is 0.160. The second-order valence-electron chi connectivity index (χ2n) is 7.35. The Bertz CT molecular complexity index is 1460. The number of benzene rings is 3. The Morgan fingerprint density at radius 1 is 1.21 bits per heavy atom. The van der Waals surface area contributed by atoms with E-state index in [1.165, 1.54) is 30.1 Å². The first-order chi connectivity index (χ1) is 16.4. The summed E-state index contributed by atoms with van der Waals surface area (Å²) in [6, 6.07) is 14.7. The lowest BCUT2D eigenvalue weighted by molar-refractivity contribution is 0.283. The van der Waals surface area contributed by atoms with Gasteiger partial charge in [0.2, 0.25) is 0 Å². The van der Waals surface area contributed by atoms with Gasteiger partial charge in [0, 0.05) is 27.5 Å². The van der Waals surface area contributed by atoms with Crippen molar-refractivity contribution in [2.75, 3.05) is 7.11 Å². The number of hydrogen-bond donors (Lipinski definition) is 0. The van der Waals surface area contributed by atoms with Crippen LogP contribution >= 0.6 is 27.5 Å². The second kappa shape index (κ2) is 10.4. The summed E-state index contributed by atoms with van der Waals surface area (Å²) in [6.45, 7) is 2.00. The van der Waals surface area contributed by atoms with Crippen molar-refractivity contribution in [1.82, 2.24) is 9.66 Å². The molecule has 9 heteroatoms. The van der Waals surface area contributed by atoms with Gasteiger partial charge in [0.1, 0.15) is 18.2 Å². The SMILES string of the molecule is CCc1nc2ccc(Br)cc2c(=O)n1N=Cc1cc(Cl)cc(OC)c1OCc1cccc(F)c1. The lowest BCUT2D eigenvalue weighted by Gasteiger charge is -2.14. The number of nitrogens with zero attached hydrogens (tertiary/aromatic N) is 3. The maximum absolute atomic E-state index is 13.6. The molecule has 0 saturated heterocycles. The average Bonchev–Trinajstić information content (AvgIpc) is 2.82. The number of aryl methyl sites for hydroxylation is 1. The van der Waals surface area contributed by atoms with Gasteiger partial charge in [-0.05, 0) is 42.0 Å². The quantitative estimate of drug-likeness (QED) is 0.268. The number of halogens is 3. The smallest absolute Gasteiger partial charge is 0.282 e. The van der Waals surface area contributed by atoms with Crippen LogP contribution in [0.5, 0.6) is 11.5 Å². The topological polar surface area (TPSA) is 65.7 Å². The first-order valence-corrected chi connectivity index (χ1v) is 11.6. The minimum atomic E-state index is -0.354. The lowest BCUT2D eigenvalue weighted by atomic mass is 10.2. The van der Waals surface area contributed by atoms with Crippen molar-refractivity contribution in [3.05, 3.63) is 97.2 Å². The summed E-state index contributed by atoms with van der Waals surface area (Å²) >= 11 is 9.67. The van der Waals surface area contributed by atoms with Crippen LogP contribution in [0, 0.1) is 5.82 Å². The molecule has 1 heterocycles. The van der Waals surface area contributed by atoms with Gasteiger partial charge in [-0.2, -0.15) is 9.78 Å². The van der Waals surface area contributed by atoms with Gasteiger partial charge in [-0.1, -0.05) is 46.6 Å². The highest BCUT2D eigenvalue weighted by Gasteiger charge is 2.14. The number of ether oxygens (including phenoxy) is 2. The van der Waals surface area contributed by atoms with Crippen LogP contribution in [0.2, 0.25) is 5.02 Å². The third-order valence-electron chi connectivity index (χ3n) is 5.04. The Hall–Kier alpha value is -3.23. The summed E-state index contributed by atoms with van der Waals surface area (Å²) in [5.41, 5.74) is 1.44. The van der Waals surface area contributed by atoms with E-state index in [-0.39, 0.29) is 18.0 Å². The summed E-state index contributed by atoms with van der Waals surface area (Å²) in [4.78, 5) is 17.7. The number of hydrogen-bond acceptors (Lipinski definition) is 5. The third kappa shape index (κ3) is 5.13. The van der Waals surface area contributed by atoms with Crippen LogP contribution in [0.25, 0.3) is 10.9 Å². The van der Waals surface area contributed by atoms with Gasteiger partial charge in [0.25, 0.3) is 5.56 Å². The molecule has 0 saturated carbocycles. The zero-order valence-corrected chi connectivity index (χ0v) is 20.7. The molecule has 0 atom stereocenters. The predicted octanol–water partition coefficient (Wildman–Crippen LogP) is 5.98. The van der Waals surface area contributed by atoms with Gasteiger partial charge >= 0.3 is 0 Å². The maximum Gasteiger partial charge on any atom is 0.282 e. The largest absolute Gasteiger partial charge is 0.493 e. The molecule has 0 fully saturated rings. The highest BCUT2D eigenvalue weighted by atomic mass is 79.9. The van der Waals surface area contributed by atoms with Gasteiger partial charge in [0.15, 0.2) is 11.5 Å². The Morgan fingerprint density at radius 2 is 2.03 bits per heavy atom. The van der Waals surface area contributed by atoms with Crippen molar-refractivity contribution >= 4 is 44.6 Å². The Morgan fingerprint density at radius 3 is 2.76 bits per heavy atom. The Kier molecular flexibility index (Phi) is 7.29. The van der Waals surface area contributed by atoms with Crippen molar-refractivity contribution in [3.63, 3.8) is 0 Å². The van der Waals surface area contributed by atoms with E-state index in [2.05, 4.69) is 26.0 Å². The van der Waals surface area contributed by atoms with E-state index in [1.54, 1.807) is 36.4 Å². The first kappa shape index (κ1) is 23.9. The van der Waals surface area contributed by atoms with E-state index in [0.29, 0.717) is 50.8 Å². The molecule has 174 valence electrons. The summed E-state index contributed by atoms with van der Waals surface area (Å²) in [6.07, 6.45) is 1.97. The van der Waals surface area contributed by atoms with E-state index < -0.39 is 0 Å². The van der Waals surface area contributed by atoms with Crippen LogP contribution in [0.15, 0.2) is 69.0 Å². The zero-order chi connectivity index (χ0) is 24.2.